The fourth-order valence-electron chi connectivity index (χ4n) is 1.02. The van der Waals surface area contributed by atoms with E-state index in [9.17, 15) is 9.00 Å². The number of rotatable bonds is 7. The molecule has 0 spiro atoms. The summed E-state index contributed by atoms with van der Waals surface area (Å²) in [6.07, 6.45) is 4.54. The molecule has 0 saturated carbocycles. The Bertz CT molecular complexity index is 282. The predicted molar refractivity (Wildman–Crippen MR) is 71.5 cm³/mol. The normalized spacial score (nSPS) is 13.9. The summed E-state index contributed by atoms with van der Waals surface area (Å²) in [5.74, 6) is -0.150. The molecule has 4 nitrogen and oxygen atoms in total. The summed E-state index contributed by atoms with van der Waals surface area (Å²) in [6.45, 7) is 7.90. The number of esters is 1. The Morgan fingerprint density at radius 2 is 2.00 bits per heavy atom. The van der Waals surface area contributed by atoms with Gasteiger partial charge in [-0.25, -0.2) is 4.21 Å². The average molecular weight is 261 g/mol. The highest BCUT2D eigenvalue weighted by molar-refractivity contribution is 7.85. The van der Waals surface area contributed by atoms with Crippen molar-refractivity contribution in [3.05, 3.63) is 0 Å². The Morgan fingerprint density at radius 3 is 2.53 bits per heavy atom. The van der Waals surface area contributed by atoms with Gasteiger partial charge in [-0.3, -0.25) is 4.79 Å². The molecule has 0 fully saturated rings. The van der Waals surface area contributed by atoms with Crippen LogP contribution in [0.3, 0.4) is 0 Å². The molecule has 0 saturated heterocycles. The van der Waals surface area contributed by atoms with Crippen molar-refractivity contribution in [1.82, 2.24) is 0 Å². The molecule has 0 aromatic carbocycles. The van der Waals surface area contributed by atoms with Crippen LogP contribution < -0.4 is 0 Å². The molecular formula is C12H23NO3S. The number of hydrogen-bond donors (Lipinski definition) is 0. The number of ether oxygens (including phenoxy) is 1. The van der Waals surface area contributed by atoms with Crippen molar-refractivity contribution in [1.29, 1.82) is 0 Å². The molecule has 0 amide bonds. The number of carbonyl (C=O) groups excluding carboxylic acids is 1. The maximum Gasteiger partial charge on any atom is 0.305 e. The van der Waals surface area contributed by atoms with Crippen LogP contribution in [0, 0.1) is 0 Å². The lowest BCUT2D eigenvalue weighted by Crippen LogP contribution is -2.19. The van der Waals surface area contributed by atoms with Crippen LogP contribution in [0.15, 0.2) is 4.40 Å². The first-order valence-corrected chi connectivity index (χ1v) is 7.08. The fourth-order valence-corrected chi connectivity index (χ4v) is 1.57. The van der Waals surface area contributed by atoms with Crippen LogP contribution in [0.5, 0.6) is 0 Å². The fraction of sp³-hybridized carbons (Fsp3) is 0.833. The minimum Gasteiger partial charge on any atom is -0.466 e. The van der Waals surface area contributed by atoms with Crippen molar-refractivity contribution in [3.8, 4) is 0 Å². The zero-order chi connectivity index (χ0) is 13.3. The van der Waals surface area contributed by atoms with E-state index in [0.717, 1.165) is 19.3 Å². The third kappa shape index (κ3) is 9.03. The standard InChI is InChI=1S/C12H23NO3S/c1-5-16-11(14)9-7-6-8-10-13-17(15)12(2,3)4/h10H,5-9H2,1-4H3. The van der Waals surface area contributed by atoms with Crippen molar-refractivity contribution in [2.75, 3.05) is 6.61 Å². The molecule has 0 bridgehead atoms. The average Bonchev–Trinajstić information content (AvgIpc) is 2.21. The van der Waals surface area contributed by atoms with Gasteiger partial charge in [-0.05, 0) is 47.0 Å². The molecule has 5 heteroatoms. The molecule has 0 heterocycles. The van der Waals surface area contributed by atoms with Gasteiger partial charge >= 0.3 is 5.97 Å². The molecule has 100 valence electrons. The SMILES string of the molecule is CCOC(=O)CCCCC=NS(=O)C(C)(C)C. The van der Waals surface area contributed by atoms with Crippen LogP contribution in [0.2, 0.25) is 0 Å². The highest BCUT2D eigenvalue weighted by atomic mass is 32.2. The maximum atomic E-state index is 11.5. The summed E-state index contributed by atoms with van der Waals surface area (Å²) in [4.78, 5) is 11.0. The summed E-state index contributed by atoms with van der Waals surface area (Å²) in [5.41, 5.74) is 0. The van der Waals surface area contributed by atoms with E-state index in [0.29, 0.717) is 13.0 Å². The summed E-state index contributed by atoms with van der Waals surface area (Å²) >= 11 is 0. The zero-order valence-corrected chi connectivity index (χ0v) is 12.0. The minimum atomic E-state index is -1.18. The Labute approximate surface area is 106 Å². The largest absolute Gasteiger partial charge is 0.466 e. The molecular weight excluding hydrogens is 238 g/mol. The van der Waals surface area contributed by atoms with Gasteiger partial charge in [0.2, 0.25) is 0 Å². The smallest absolute Gasteiger partial charge is 0.305 e. The van der Waals surface area contributed by atoms with Gasteiger partial charge in [-0.1, -0.05) is 0 Å². The van der Waals surface area contributed by atoms with Crippen molar-refractivity contribution in [2.45, 2.75) is 58.1 Å². The quantitative estimate of drug-likeness (QED) is 0.402. The Hall–Kier alpha value is -0.710. The van der Waals surface area contributed by atoms with E-state index in [1.165, 1.54) is 0 Å². The summed E-state index contributed by atoms with van der Waals surface area (Å²) in [5, 5.41) is 0. The molecule has 0 aromatic heterocycles. The summed E-state index contributed by atoms with van der Waals surface area (Å²) in [7, 11) is -1.18. The van der Waals surface area contributed by atoms with Crippen LogP contribution in [-0.2, 0) is 20.5 Å². The van der Waals surface area contributed by atoms with E-state index in [2.05, 4.69) is 4.40 Å². The van der Waals surface area contributed by atoms with Crippen molar-refractivity contribution in [2.24, 2.45) is 4.40 Å². The molecule has 0 N–H and O–H groups in total. The van der Waals surface area contributed by atoms with Gasteiger partial charge in [-0.15, -0.1) is 0 Å². The first-order chi connectivity index (χ1) is 7.88. The minimum absolute atomic E-state index is 0.150. The second-order valence-electron chi connectivity index (χ2n) is 4.70. The number of nitrogens with zero attached hydrogens (tertiary/aromatic N) is 1. The third-order valence-corrected chi connectivity index (χ3v) is 3.35. The van der Waals surface area contributed by atoms with Gasteiger partial charge in [0, 0.05) is 12.6 Å². The molecule has 0 aliphatic rings. The third-order valence-electron chi connectivity index (χ3n) is 1.96. The van der Waals surface area contributed by atoms with E-state index >= 15 is 0 Å². The highest BCUT2D eigenvalue weighted by Crippen LogP contribution is 2.11. The Balaban J connectivity index is 3.62. The van der Waals surface area contributed by atoms with Gasteiger partial charge in [0.05, 0.1) is 11.4 Å². The van der Waals surface area contributed by atoms with Gasteiger partial charge < -0.3 is 4.74 Å². The van der Waals surface area contributed by atoms with E-state index in [-0.39, 0.29) is 10.7 Å². The van der Waals surface area contributed by atoms with Gasteiger partial charge in [0.15, 0.2) is 0 Å². The van der Waals surface area contributed by atoms with E-state index in [1.807, 2.05) is 20.8 Å². The molecule has 17 heavy (non-hydrogen) atoms. The van der Waals surface area contributed by atoms with Gasteiger partial charge in [0.25, 0.3) is 0 Å². The van der Waals surface area contributed by atoms with Crippen LogP contribution in [0.4, 0.5) is 0 Å². The monoisotopic (exact) mass is 261 g/mol. The molecule has 0 radical (unpaired) electrons. The maximum absolute atomic E-state index is 11.5. The van der Waals surface area contributed by atoms with Crippen molar-refractivity contribution in [3.63, 3.8) is 0 Å². The zero-order valence-electron chi connectivity index (χ0n) is 11.2. The lowest BCUT2D eigenvalue weighted by Gasteiger charge is -2.12. The van der Waals surface area contributed by atoms with Crippen molar-refractivity contribution >= 4 is 23.2 Å². The molecule has 0 rings (SSSR count). The first kappa shape index (κ1) is 16.3. The molecule has 0 aliphatic carbocycles. The highest BCUT2D eigenvalue weighted by Gasteiger charge is 2.17. The van der Waals surface area contributed by atoms with Crippen LogP contribution in [0.25, 0.3) is 0 Å². The predicted octanol–water partition coefficient (Wildman–Crippen LogP) is 2.64. The lowest BCUT2D eigenvalue weighted by atomic mass is 10.2. The topological polar surface area (TPSA) is 55.7 Å². The first-order valence-electron chi connectivity index (χ1n) is 5.98. The second kappa shape index (κ2) is 8.39. The van der Waals surface area contributed by atoms with E-state index in [4.69, 9.17) is 4.74 Å². The summed E-state index contributed by atoms with van der Waals surface area (Å²) in [6, 6.07) is 0. The number of carbonyl (C=O) groups is 1. The van der Waals surface area contributed by atoms with Crippen molar-refractivity contribution < 1.29 is 13.7 Å². The Kier molecular flexibility index (Phi) is 8.04. The molecule has 0 aromatic rings. The van der Waals surface area contributed by atoms with Gasteiger partial charge in [0.1, 0.15) is 11.0 Å². The van der Waals surface area contributed by atoms with Gasteiger partial charge in [-0.2, -0.15) is 4.40 Å². The van der Waals surface area contributed by atoms with Crippen LogP contribution in [-0.4, -0.2) is 27.7 Å². The number of hydrogen-bond acceptors (Lipinski definition) is 3. The van der Waals surface area contributed by atoms with E-state index in [1.54, 1.807) is 13.1 Å². The van der Waals surface area contributed by atoms with Crippen LogP contribution in [0.1, 0.15) is 53.4 Å². The lowest BCUT2D eigenvalue weighted by molar-refractivity contribution is -0.143. The second-order valence-corrected chi connectivity index (χ2v) is 6.63. The Morgan fingerprint density at radius 1 is 1.35 bits per heavy atom. The molecule has 0 aliphatic heterocycles. The van der Waals surface area contributed by atoms with E-state index < -0.39 is 11.0 Å². The molecule has 1 atom stereocenters. The number of unbranched alkanes of at least 4 members (excludes halogenated alkanes) is 2. The summed E-state index contributed by atoms with van der Waals surface area (Å²) < 4.78 is 20.0. The molecule has 1 unspecified atom stereocenters. The van der Waals surface area contributed by atoms with Crippen LogP contribution >= 0.6 is 0 Å².